The fourth-order valence-corrected chi connectivity index (χ4v) is 2.59. The first-order valence-electron chi connectivity index (χ1n) is 7.59. The molecule has 0 fully saturated rings. The van der Waals surface area contributed by atoms with Crippen molar-refractivity contribution in [1.82, 2.24) is 15.0 Å². The zero-order valence-electron chi connectivity index (χ0n) is 13.2. The first kappa shape index (κ1) is 15.4. The number of carbonyl (C=O) groups excluding carboxylic acids is 1. The van der Waals surface area contributed by atoms with E-state index in [1.54, 1.807) is 30.3 Å². The number of nitrogens with zero attached hydrogens (tertiary/aromatic N) is 3. The molecule has 0 bridgehead atoms. The molecule has 0 aliphatic rings. The number of fused-ring (bicyclic) bond motifs is 1. The summed E-state index contributed by atoms with van der Waals surface area (Å²) in [5.41, 5.74) is 3.75. The van der Waals surface area contributed by atoms with Crippen molar-refractivity contribution in [3.63, 3.8) is 0 Å². The van der Waals surface area contributed by atoms with Gasteiger partial charge in [-0.25, -0.2) is 0 Å². The Morgan fingerprint density at radius 3 is 2.72 bits per heavy atom. The van der Waals surface area contributed by atoms with Gasteiger partial charge in [0.2, 0.25) is 0 Å². The summed E-state index contributed by atoms with van der Waals surface area (Å²) in [6.07, 6.45) is 1.45. The van der Waals surface area contributed by atoms with Gasteiger partial charge in [-0.1, -0.05) is 17.7 Å². The molecule has 4 aromatic rings. The van der Waals surface area contributed by atoms with Gasteiger partial charge >= 0.3 is 0 Å². The van der Waals surface area contributed by atoms with Crippen LogP contribution in [0, 0.1) is 6.92 Å². The minimum Gasteiger partial charge on any atom is -0.459 e. The highest BCUT2D eigenvalue weighted by Gasteiger charge is 2.11. The van der Waals surface area contributed by atoms with Crippen molar-refractivity contribution in [3.8, 4) is 5.69 Å². The predicted molar refractivity (Wildman–Crippen MR) is 95.3 cm³/mol. The van der Waals surface area contributed by atoms with Crippen molar-refractivity contribution in [2.45, 2.75) is 6.92 Å². The van der Waals surface area contributed by atoms with Crippen molar-refractivity contribution in [1.29, 1.82) is 0 Å². The molecule has 4 rings (SSSR count). The number of aryl methyl sites for hydroxylation is 1. The average Bonchev–Trinajstić information content (AvgIpc) is 3.26. The molecule has 2 aromatic carbocycles. The van der Waals surface area contributed by atoms with Gasteiger partial charge < -0.3 is 9.73 Å². The molecule has 0 saturated carbocycles. The fourth-order valence-electron chi connectivity index (χ4n) is 2.41. The molecule has 1 amide bonds. The zero-order valence-corrected chi connectivity index (χ0v) is 14.0. The van der Waals surface area contributed by atoms with Crippen LogP contribution in [0.5, 0.6) is 0 Å². The second kappa shape index (κ2) is 6.07. The number of anilines is 1. The Bertz CT molecular complexity index is 1070. The molecule has 0 aliphatic carbocycles. The van der Waals surface area contributed by atoms with E-state index in [1.807, 2.05) is 25.1 Å². The summed E-state index contributed by atoms with van der Waals surface area (Å²) in [6.45, 7) is 1.94. The maximum atomic E-state index is 12.0. The van der Waals surface area contributed by atoms with E-state index in [-0.39, 0.29) is 11.7 Å². The molecule has 124 valence electrons. The SMILES string of the molecule is Cc1ccc(-n2nc3ccc(NC(=O)c4ccco4)cc3n2)cc1Cl. The predicted octanol–water partition coefficient (Wildman–Crippen LogP) is 4.23. The van der Waals surface area contributed by atoms with Crippen LogP contribution >= 0.6 is 11.6 Å². The molecule has 7 heteroatoms. The first-order chi connectivity index (χ1) is 12.1. The van der Waals surface area contributed by atoms with Crippen LogP contribution in [0.25, 0.3) is 16.7 Å². The topological polar surface area (TPSA) is 73.0 Å². The fraction of sp³-hybridized carbons (Fsp3) is 0.0556. The third-order valence-corrected chi connectivity index (χ3v) is 4.18. The van der Waals surface area contributed by atoms with Gasteiger partial charge in [0.25, 0.3) is 5.91 Å². The van der Waals surface area contributed by atoms with Crippen LogP contribution in [-0.2, 0) is 0 Å². The molecule has 2 aromatic heterocycles. The summed E-state index contributed by atoms with van der Waals surface area (Å²) in [4.78, 5) is 13.6. The van der Waals surface area contributed by atoms with Gasteiger partial charge in [0, 0.05) is 10.7 Å². The molecule has 0 saturated heterocycles. The normalized spacial score (nSPS) is 11.0. The van der Waals surface area contributed by atoms with Crippen molar-refractivity contribution < 1.29 is 9.21 Å². The van der Waals surface area contributed by atoms with Gasteiger partial charge in [-0.3, -0.25) is 4.79 Å². The highest BCUT2D eigenvalue weighted by molar-refractivity contribution is 6.31. The summed E-state index contributed by atoms with van der Waals surface area (Å²) in [5, 5.41) is 12.3. The summed E-state index contributed by atoms with van der Waals surface area (Å²) >= 11 is 6.17. The Balaban J connectivity index is 1.65. The summed E-state index contributed by atoms with van der Waals surface area (Å²) in [7, 11) is 0. The van der Waals surface area contributed by atoms with E-state index < -0.39 is 0 Å². The van der Waals surface area contributed by atoms with Gasteiger partial charge in [-0.2, -0.15) is 4.80 Å². The third-order valence-electron chi connectivity index (χ3n) is 3.77. The van der Waals surface area contributed by atoms with Crippen LogP contribution in [0.1, 0.15) is 16.1 Å². The number of furan rings is 1. The van der Waals surface area contributed by atoms with Crippen molar-refractivity contribution >= 4 is 34.2 Å². The molecule has 6 nitrogen and oxygen atoms in total. The lowest BCUT2D eigenvalue weighted by molar-refractivity contribution is 0.0996. The summed E-state index contributed by atoms with van der Waals surface area (Å²) in [5.74, 6) is -0.0693. The van der Waals surface area contributed by atoms with Gasteiger partial charge in [0.15, 0.2) is 5.76 Å². The van der Waals surface area contributed by atoms with Crippen LogP contribution in [0.15, 0.2) is 59.2 Å². The Hall–Kier alpha value is -3.12. The molecule has 25 heavy (non-hydrogen) atoms. The van der Waals surface area contributed by atoms with Crippen LogP contribution in [0.2, 0.25) is 5.02 Å². The molecule has 0 atom stereocenters. The van der Waals surface area contributed by atoms with E-state index in [0.29, 0.717) is 21.7 Å². The highest BCUT2D eigenvalue weighted by Crippen LogP contribution is 2.21. The van der Waals surface area contributed by atoms with E-state index in [9.17, 15) is 4.79 Å². The molecule has 0 spiro atoms. The molecule has 1 N–H and O–H groups in total. The Morgan fingerprint density at radius 1 is 1.12 bits per heavy atom. The van der Waals surface area contributed by atoms with Gasteiger partial charge in [-0.15, -0.1) is 10.2 Å². The number of benzene rings is 2. The minimum atomic E-state index is -0.318. The summed E-state index contributed by atoms with van der Waals surface area (Å²) < 4.78 is 5.08. The van der Waals surface area contributed by atoms with Crippen LogP contribution < -0.4 is 5.32 Å². The molecule has 0 radical (unpaired) electrons. The smallest absolute Gasteiger partial charge is 0.291 e. The van der Waals surface area contributed by atoms with E-state index in [2.05, 4.69) is 15.5 Å². The summed E-state index contributed by atoms with van der Waals surface area (Å²) in [6, 6.07) is 14.2. The number of carbonyl (C=O) groups is 1. The zero-order chi connectivity index (χ0) is 17.4. The van der Waals surface area contributed by atoms with Gasteiger partial charge in [0.1, 0.15) is 11.0 Å². The number of amides is 1. The average molecular weight is 353 g/mol. The molecule has 0 aliphatic heterocycles. The second-order valence-electron chi connectivity index (χ2n) is 5.56. The molecule has 2 heterocycles. The van der Waals surface area contributed by atoms with Crippen LogP contribution in [0.3, 0.4) is 0 Å². The maximum Gasteiger partial charge on any atom is 0.291 e. The van der Waals surface area contributed by atoms with Crippen LogP contribution in [0.4, 0.5) is 5.69 Å². The van der Waals surface area contributed by atoms with Crippen molar-refractivity contribution in [3.05, 3.63) is 71.1 Å². The standard InChI is InChI=1S/C18H13ClN4O2/c1-11-4-6-13(10-14(11)19)23-21-15-7-5-12(9-16(15)22-23)20-18(24)17-3-2-8-25-17/h2-10H,1H3,(H,20,24). The minimum absolute atomic E-state index is 0.248. The first-order valence-corrected chi connectivity index (χ1v) is 7.96. The Labute approximate surface area is 148 Å². The number of rotatable bonds is 3. The van der Waals surface area contributed by atoms with Crippen molar-refractivity contribution in [2.24, 2.45) is 0 Å². The lowest BCUT2D eigenvalue weighted by Crippen LogP contribution is -2.10. The van der Waals surface area contributed by atoms with Crippen LogP contribution in [-0.4, -0.2) is 20.9 Å². The lowest BCUT2D eigenvalue weighted by Gasteiger charge is -2.02. The molecular formula is C18H13ClN4O2. The molecule has 0 unspecified atom stereocenters. The number of aromatic nitrogens is 3. The van der Waals surface area contributed by atoms with Gasteiger partial charge in [-0.05, 0) is 55.0 Å². The Morgan fingerprint density at radius 2 is 1.96 bits per heavy atom. The molecular weight excluding hydrogens is 340 g/mol. The van der Waals surface area contributed by atoms with Gasteiger partial charge in [0.05, 0.1) is 12.0 Å². The maximum absolute atomic E-state index is 12.0. The van der Waals surface area contributed by atoms with E-state index >= 15 is 0 Å². The number of nitrogens with one attached hydrogen (secondary N) is 1. The number of halogens is 1. The Kier molecular flexibility index (Phi) is 3.74. The monoisotopic (exact) mass is 352 g/mol. The number of hydrogen-bond donors (Lipinski definition) is 1. The van der Waals surface area contributed by atoms with E-state index in [4.69, 9.17) is 16.0 Å². The lowest BCUT2D eigenvalue weighted by atomic mass is 10.2. The van der Waals surface area contributed by atoms with E-state index in [0.717, 1.165) is 11.3 Å². The number of hydrogen-bond acceptors (Lipinski definition) is 4. The second-order valence-corrected chi connectivity index (χ2v) is 5.97. The van der Waals surface area contributed by atoms with E-state index in [1.165, 1.54) is 11.1 Å². The third kappa shape index (κ3) is 2.99. The quantitative estimate of drug-likeness (QED) is 0.599. The largest absolute Gasteiger partial charge is 0.459 e. The highest BCUT2D eigenvalue weighted by atomic mass is 35.5. The van der Waals surface area contributed by atoms with Crippen molar-refractivity contribution in [2.75, 3.05) is 5.32 Å².